The second-order valence-corrected chi connectivity index (χ2v) is 1.52. The van der Waals surface area contributed by atoms with E-state index in [1.165, 1.54) is 0 Å². The van der Waals surface area contributed by atoms with Gasteiger partial charge in [-0.05, 0) is 12.2 Å². The maximum absolute atomic E-state index is 8.84. The second-order valence-electron chi connectivity index (χ2n) is 1.52. The summed E-state index contributed by atoms with van der Waals surface area (Å²) >= 11 is 0. The minimum atomic E-state index is -0.461. The lowest BCUT2D eigenvalue weighted by Crippen LogP contribution is -1.93. The number of aliphatic hydroxyl groups excluding tert-OH is 1. The van der Waals surface area contributed by atoms with E-state index in [4.69, 9.17) is 5.11 Å². The molecular weight excluding hydrogens is 102 g/mol. The molecule has 1 unspecified atom stereocenters. The summed E-state index contributed by atoms with van der Waals surface area (Å²) in [6, 6.07) is 0. The van der Waals surface area contributed by atoms with Gasteiger partial charge in [-0.3, -0.25) is 4.99 Å². The van der Waals surface area contributed by atoms with Crippen molar-refractivity contribution in [2.45, 2.75) is 6.10 Å². The van der Waals surface area contributed by atoms with Crippen LogP contribution in [0.15, 0.2) is 29.4 Å². The van der Waals surface area contributed by atoms with Gasteiger partial charge in [0.05, 0.1) is 6.10 Å². The molecule has 0 amide bonds. The number of hydrogen-bond acceptors (Lipinski definition) is 2. The first-order valence-electron chi connectivity index (χ1n) is 2.44. The van der Waals surface area contributed by atoms with Crippen LogP contribution in [0.2, 0.25) is 0 Å². The van der Waals surface area contributed by atoms with Crippen LogP contribution < -0.4 is 0 Å². The van der Waals surface area contributed by atoms with Gasteiger partial charge in [-0.2, -0.15) is 0 Å². The molecule has 1 atom stereocenters. The van der Waals surface area contributed by atoms with E-state index in [-0.39, 0.29) is 0 Å². The van der Waals surface area contributed by atoms with E-state index in [0.717, 1.165) is 0 Å². The van der Waals surface area contributed by atoms with Gasteiger partial charge in [-0.1, -0.05) is 6.08 Å². The quantitative estimate of drug-likeness (QED) is 0.482. The molecule has 1 aliphatic heterocycles. The smallest absolute Gasteiger partial charge is 0.0923 e. The summed E-state index contributed by atoms with van der Waals surface area (Å²) < 4.78 is 0. The number of hydrogen-bond donors (Lipinski definition) is 1. The van der Waals surface area contributed by atoms with Gasteiger partial charge in [0.1, 0.15) is 0 Å². The highest BCUT2D eigenvalue weighted by molar-refractivity contribution is 5.72. The third kappa shape index (κ3) is 1.31. The average molecular weight is 109 g/mol. The maximum atomic E-state index is 8.84. The van der Waals surface area contributed by atoms with Crippen LogP contribution in [0.5, 0.6) is 0 Å². The van der Waals surface area contributed by atoms with Gasteiger partial charge in [0.15, 0.2) is 0 Å². The highest BCUT2D eigenvalue weighted by Crippen LogP contribution is 1.91. The zero-order valence-corrected chi connectivity index (χ0v) is 4.36. The van der Waals surface area contributed by atoms with Gasteiger partial charge < -0.3 is 5.11 Å². The van der Waals surface area contributed by atoms with Gasteiger partial charge in [0.25, 0.3) is 0 Å². The molecule has 42 valence electrons. The Morgan fingerprint density at radius 2 is 2.25 bits per heavy atom. The molecule has 0 saturated heterocycles. The van der Waals surface area contributed by atoms with Crippen molar-refractivity contribution in [2.24, 2.45) is 4.99 Å². The van der Waals surface area contributed by atoms with Crippen LogP contribution in [0.25, 0.3) is 0 Å². The second kappa shape index (κ2) is 2.43. The molecule has 0 aromatic rings. The van der Waals surface area contributed by atoms with Crippen molar-refractivity contribution in [3.05, 3.63) is 24.4 Å². The number of aliphatic hydroxyl groups is 1. The summed E-state index contributed by atoms with van der Waals surface area (Å²) in [7, 11) is 0. The lowest BCUT2D eigenvalue weighted by Gasteiger charge is -1.89. The SMILES string of the molecule is OC1C=CC=NC=C1. The molecule has 1 aliphatic rings. The number of allylic oxidation sites excluding steroid dienone is 1. The summed E-state index contributed by atoms with van der Waals surface area (Å²) in [6.45, 7) is 0. The van der Waals surface area contributed by atoms with Crippen LogP contribution in [0.3, 0.4) is 0 Å². The third-order valence-corrected chi connectivity index (χ3v) is 0.850. The summed E-state index contributed by atoms with van der Waals surface area (Å²) in [5, 5.41) is 8.84. The molecule has 0 aromatic carbocycles. The lowest BCUT2D eigenvalue weighted by atomic mass is 10.3. The molecule has 0 spiro atoms. The van der Waals surface area contributed by atoms with Gasteiger partial charge in [0.2, 0.25) is 0 Å². The van der Waals surface area contributed by atoms with Crippen molar-refractivity contribution in [1.82, 2.24) is 0 Å². The molecule has 0 aromatic heterocycles. The van der Waals surface area contributed by atoms with E-state index in [9.17, 15) is 0 Å². The molecule has 1 rings (SSSR count). The number of aliphatic imine (C=N–C) groups is 1. The van der Waals surface area contributed by atoms with Crippen LogP contribution in [0, 0.1) is 0 Å². The molecule has 8 heavy (non-hydrogen) atoms. The fraction of sp³-hybridized carbons (Fsp3) is 0.167. The lowest BCUT2D eigenvalue weighted by molar-refractivity contribution is 0.272. The normalized spacial score (nSPS) is 25.9. The highest BCUT2D eigenvalue weighted by Gasteiger charge is 1.89. The Balaban J connectivity index is 2.66. The predicted molar refractivity (Wildman–Crippen MR) is 32.8 cm³/mol. The van der Waals surface area contributed by atoms with Crippen molar-refractivity contribution in [2.75, 3.05) is 0 Å². The minimum absolute atomic E-state index is 0.461. The van der Waals surface area contributed by atoms with Gasteiger partial charge >= 0.3 is 0 Å². The van der Waals surface area contributed by atoms with Crippen LogP contribution in [0.1, 0.15) is 0 Å². The van der Waals surface area contributed by atoms with Crippen LogP contribution in [-0.4, -0.2) is 17.4 Å². The maximum Gasteiger partial charge on any atom is 0.0923 e. The largest absolute Gasteiger partial charge is 0.385 e. The van der Waals surface area contributed by atoms with E-state index in [1.54, 1.807) is 30.6 Å². The fourth-order valence-electron chi connectivity index (χ4n) is 0.465. The van der Waals surface area contributed by atoms with Crippen molar-refractivity contribution < 1.29 is 5.11 Å². The fourth-order valence-corrected chi connectivity index (χ4v) is 0.465. The monoisotopic (exact) mass is 109 g/mol. The van der Waals surface area contributed by atoms with E-state index in [2.05, 4.69) is 4.99 Å². The Bertz CT molecular complexity index is 131. The zero-order valence-electron chi connectivity index (χ0n) is 4.36. The molecule has 0 saturated carbocycles. The molecule has 1 N–H and O–H groups in total. The molecule has 2 heteroatoms. The Kier molecular flexibility index (Phi) is 1.59. The van der Waals surface area contributed by atoms with Crippen molar-refractivity contribution in [3.63, 3.8) is 0 Å². The first-order chi connectivity index (χ1) is 3.89. The standard InChI is InChI=1S/C6H7NO/c8-6-2-1-4-7-5-3-6/h1-6,8H. The number of nitrogens with zero attached hydrogens (tertiary/aromatic N) is 1. The first-order valence-corrected chi connectivity index (χ1v) is 2.44. The summed E-state index contributed by atoms with van der Waals surface area (Å²) in [5.74, 6) is 0. The molecule has 0 radical (unpaired) electrons. The van der Waals surface area contributed by atoms with Crippen LogP contribution in [-0.2, 0) is 0 Å². The zero-order chi connectivity index (χ0) is 5.82. The first kappa shape index (κ1) is 5.25. The average Bonchev–Trinajstić information content (AvgIpc) is 1.94. The van der Waals surface area contributed by atoms with Crippen molar-refractivity contribution in [1.29, 1.82) is 0 Å². The number of rotatable bonds is 0. The highest BCUT2D eigenvalue weighted by atomic mass is 16.3. The molecule has 0 fully saturated rings. The molecule has 0 bridgehead atoms. The summed E-state index contributed by atoms with van der Waals surface area (Å²) in [6.07, 6.45) is 7.73. The van der Waals surface area contributed by atoms with E-state index in [1.807, 2.05) is 0 Å². The Labute approximate surface area is 47.9 Å². The van der Waals surface area contributed by atoms with Gasteiger partial charge in [-0.25, -0.2) is 0 Å². The topological polar surface area (TPSA) is 32.6 Å². The van der Waals surface area contributed by atoms with E-state index >= 15 is 0 Å². The third-order valence-electron chi connectivity index (χ3n) is 0.850. The van der Waals surface area contributed by atoms with Gasteiger partial charge in [-0.15, -0.1) is 0 Å². The Hall–Kier alpha value is -0.890. The summed E-state index contributed by atoms with van der Waals surface area (Å²) in [5.41, 5.74) is 0. The van der Waals surface area contributed by atoms with E-state index < -0.39 is 6.10 Å². The molecule has 0 aliphatic carbocycles. The Morgan fingerprint density at radius 1 is 1.38 bits per heavy atom. The van der Waals surface area contributed by atoms with Crippen molar-refractivity contribution >= 4 is 6.21 Å². The molecule has 2 nitrogen and oxygen atoms in total. The molecule has 1 heterocycles. The molecular formula is C6H7NO. The van der Waals surface area contributed by atoms with Gasteiger partial charge in [0, 0.05) is 12.4 Å². The minimum Gasteiger partial charge on any atom is -0.385 e. The predicted octanol–water partition coefficient (Wildman–Crippen LogP) is 0.502. The summed E-state index contributed by atoms with van der Waals surface area (Å²) in [4.78, 5) is 3.77. The van der Waals surface area contributed by atoms with Crippen molar-refractivity contribution in [3.8, 4) is 0 Å². The van der Waals surface area contributed by atoms with E-state index in [0.29, 0.717) is 0 Å². The van der Waals surface area contributed by atoms with Crippen LogP contribution >= 0.6 is 0 Å². The van der Waals surface area contributed by atoms with Crippen LogP contribution in [0.4, 0.5) is 0 Å². The Morgan fingerprint density at radius 3 is 3.12 bits per heavy atom.